The molecule has 0 bridgehead atoms. The van der Waals surface area contributed by atoms with Gasteiger partial charge in [-0.15, -0.1) is 0 Å². The van der Waals surface area contributed by atoms with Crippen molar-refractivity contribution in [1.29, 1.82) is 0 Å². The van der Waals surface area contributed by atoms with E-state index in [1.807, 2.05) is 0 Å². The molecule has 0 heterocycles. The average Bonchev–Trinajstić information content (AvgIpc) is 2.61. The van der Waals surface area contributed by atoms with E-state index >= 15 is 0 Å². The molecule has 1 aromatic rings. The lowest BCUT2D eigenvalue weighted by molar-refractivity contribution is -0.376. The first-order valence-corrected chi connectivity index (χ1v) is 8.96. The van der Waals surface area contributed by atoms with Crippen molar-refractivity contribution in [2.45, 2.75) is 63.0 Å². The molecule has 1 aromatic carbocycles. The number of alkyl halides is 6. The van der Waals surface area contributed by atoms with Crippen molar-refractivity contribution in [2.75, 3.05) is 11.4 Å². The summed E-state index contributed by atoms with van der Waals surface area (Å²) in [5.41, 5.74) is -6.22. The number of aliphatic hydroxyl groups is 1. The molecule has 1 aliphatic carbocycles. The minimum atomic E-state index is -5.95. The fraction of sp³-hybridized carbons (Fsp3) is 0.611. The Balaban J connectivity index is 2.24. The van der Waals surface area contributed by atoms with Crippen molar-refractivity contribution < 1.29 is 36.2 Å². The van der Waals surface area contributed by atoms with Gasteiger partial charge >= 0.3 is 18.4 Å². The molecule has 0 aromatic heterocycles. The fourth-order valence-electron chi connectivity index (χ4n) is 3.31. The van der Waals surface area contributed by atoms with Gasteiger partial charge in [0.1, 0.15) is 0 Å². The van der Waals surface area contributed by atoms with Gasteiger partial charge in [-0.05, 0) is 31.9 Å². The quantitative estimate of drug-likeness (QED) is 0.694. The molecule has 1 saturated carbocycles. The first-order chi connectivity index (χ1) is 12.9. The Kier molecular flexibility index (Phi) is 6.52. The molecular formula is C18H22F6N2O2. The van der Waals surface area contributed by atoms with Crippen LogP contribution in [0.25, 0.3) is 0 Å². The predicted octanol–water partition coefficient (Wildman–Crippen LogP) is 4.87. The largest absolute Gasteiger partial charge is 0.430 e. The molecule has 0 spiro atoms. The van der Waals surface area contributed by atoms with Crippen LogP contribution in [0, 0.1) is 0 Å². The minimum absolute atomic E-state index is 0.00452. The van der Waals surface area contributed by atoms with Crippen molar-refractivity contribution in [3.8, 4) is 0 Å². The molecule has 0 atom stereocenters. The maximum Gasteiger partial charge on any atom is 0.430 e. The second-order valence-corrected chi connectivity index (χ2v) is 6.78. The maximum atomic E-state index is 13.0. The Morgan fingerprint density at radius 1 is 1.04 bits per heavy atom. The molecule has 1 aliphatic rings. The monoisotopic (exact) mass is 412 g/mol. The van der Waals surface area contributed by atoms with E-state index in [4.69, 9.17) is 0 Å². The van der Waals surface area contributed by atoms with Crippen molar-refractivity contribution in [3.05, 3.63) is 29.8 Å². The predicted molar refractivity (Wildman–Crippen MR) is 90.9 cm³/mol. The topological polar surface area (TPSA) is 52.6 Å². The van der Waals surface area contributed by atoms with Crippen LogP contribution in [0.15, 0.2) is 24.3 Å². The van der Waals surface area contributed by atoms with Gasteiger partial charge in [0, 0.05) is 23.8 Å². The van der Waals surface area contributed by atoms with E-state index in [2.05, 4.69) is 5.32 Å². The van der Waals surface area contributed by atoms with E-state index < -0.39 is 29.5 Å². The summed E-state index contributed by atoms with van der Waals surface area (Å²) >= 11 is 0. The third-order valence-corrected chi connectivity index (χ3v) is 4.91. The Hall–Kier alpha value is -1.97. The first-order valence-electron chi connectivity index (χ1n) is 8.96. The number of rotatable bonds is 4. The van der Waals surface area contributed by atoms with Gasteiger partial charge in [0.05, 0.1) is 0 Å². The first kappa shape index (κ1) is 22.3. The lowest BCUT2D eigenvalue weighted by atomic mass is 9.92. The Morgan fingerprint density at radius 3 is 1.96 bits per heavy atom. The van der Waals surface area contributed by atoms with E-state index in [0.717, 1.165) is 44.2 Å². The zero-order valence-electron chi connectivity index (χ0n) is 15.2. The summed E-state index contributed by atoms with van der Waals surface area (Å²) in [7, 11) is 0. The molecular weight excluding hydrogens is 390 g/mol. The molecule has 2 amide bonds. The van der Waals surface area contributed by atoms with Gasteiger partial charge in [0.25, 0.3) is 5.60 Å². The van der Waals surface area contributed by atoms with E-state index in [1.54, 1.807) is 6.92 Å². The third kappa shape index (κ3) is 4.37. The highest BCUT2D eigenvalue weighted by atomic mass is 19.4. The summed E-state index contributed by atoms with van der Waals surface area (Å²) in [4.78, 5) is 13.7. The number of anilines is 1. The van der Waals surface area contributed by atoms with Crippen LogP contribution in [0.1, 0.15) is 44.6 Å². The Labute approximate surface area is 158 Å². The molecule has 0 aliphatic heterocycles. The van der Waals surface area contributed by atoms with Gasteiger partial charge in [-0.3, -0.25) is 4.90 Å². The highest BCUT2D eigenvalue weighted by Gasteiger charge is 2.71. The molecule has 0 radical (unpaired) electrons. The van der Waals surface area contributed by atoms with Crippen LogP contribution in [0.4, 0.5) is 36.8 Å². The molecule has 28 heavy (non-hydrogen) atoms. The number of halogens is 6. The highest BCUT2D eigenvalue weighted by molar-refractivity contribution is 5.92. The molecule has 1 fully saturated rings. The second-order valence-electron chi connectivity index (χ2n) is 6.78. The minimum Gasteiger partial charge on any atom is -0.369 e. The third-order valence-electron chi connectivity index (χ3n) is 4.91. The van der Waals surface area contributed by atoms with Gasteiger partial charge in [-0.1, -0.05) is 31.4 Å². The normalized spacial score (nSPS) is 16.7. The standard InChI is InChI=1S/C18H22F6N2O2/c1-2-26(15(27)25-13-6-4-3-5-7-13)14-10-8-12(9-11-14)16(28,17(19,20)21)18(22,23)24/h8-11,13,28H,2-7H2,1H3,(H,25,27). The summed E-state index contributed by atoms with van der Waals surface area (Å²) in [5.74, 6) is 0. The van der Waals surface area contributed by atoms with Crippen molar-refractivity contribution in [1.82, 2.24) is 5.32 Å². The lowest BCUT2D eigenvalue weighted by Crippen LogP contribution is -2.53. The van der Waals surface area contributed by atoms with E-state index in [9.17, 15) is 36.2 Å². The van der Waals surface area contributed by atoms with E-state index in [-0.39, 0.29) is 18.3 Å². The van der Waals surface area contributed by atoms with Gasteiger partial charge in [-0.25, -0.2) is 4.79 Å². The summed E-state index contributed by atoms with van der Waals surface area (Å²) < 4.78 is 77.7. The number of benzene rings is 1. The van der Waals surface area contributed by atoms with E-state index in [1.165, 1.54) is 4.90 Å². The summed E-state index contributed by atoms with van der Waals surface area (Å²) in [6.07, 6.45) is -7.19. The summed E-state index contributed by atoms with van der Waals surface area (Å²) in [6.45, 7) is 1.80. The molecule has 158 valence electrons. The van der Waals surface area contributed by atoms with Crippen LogP contribution in [-0.2, 0) is 5.60 Å². The number of hydrogen-bond donors (Lipinski definition) is 2. The Morgan fingerprint density at radius 2 is 1.54 bits per heavy atom. The fourth-order valence-corrected chi connectivity index (χ4v) is 3.31. The highest BCUT2D eigenvalue weighted by Crippen LogP contribution is 2.50. The molecule has 10 heteroatoms. The number of carbonyl (C=O) groups excluding carboxylic acids is 1. The molecule has 2 rings (SSSR count). The molecule has 0 saturated heterocycles. The van der Waals surface area contributed by atoms with Crippen LogP contribution < -0.4 is 10.2 Å². The van der Waals surface area contributed by atoms with Gasteiger partial charge in [0.15, 0.2) is 0 Å². The SMILES string of the molecule is CCN(C(=O)NC1CCCCC1)c1ccc(C(O)(C(F)(F)F)C(F)(F)F)cc1. The van der Waals surface area contributed by atoms with Crippen LogP contribution in [-0.4, -0.2) is 36.1 Å². The summed E-state index contributed by atoms with van der Waals surface area (Å²) in [6, 6.07) is 2.52. The Bertz CT molecular complexity index is 652. The van der Waals surface area contributed by atoms with Crippen molar-refractivity contribution in [2.24, 2.45) is 0 Å². The van der Waals surface area contributed by atoms with Crippen molar-refractivity contribution >= 4 is 11.7 Å². The number of hydrogen-bond acceptors (Lipinski definition) is 2. The van der Waals surface area contributed by atoms with Crippen molar-refractivity contribution in [3.63, 3.8) is 0 Å². The van der Waals surface area contributed by atoms with E-state index in [0.29, 0.717) is 12.1 Å². The van der Waals surface area contributed by atoms with Gasteiger partial charge in [0.2, 0.25) is 0 Å². The number of urea groups is 1. The second kappa shape index (κ2) is 8.18. The lowest BCUT2D eigenvalue weighted by Gasteiger charge is -2.33. The van der Waals surface area contributed by atoms with Crippen LogP contribution in [0.2, 0.25) is 0 Å². The average molecular weight is 412 g/mol. The zero-order valence-corrected chi connectivity index (χ0v) is 15.2. The molecule has 0 unspecified atom stereocenters. The number of amides is 2. The maximum absolute atomic E-state index is 13.0. The number of carbonyl (C=O) groups is 1. The van der Waals surface area contributed by atoms with Crippen LogP contribution >= 0.6 is 0 Å². The molecule has 4 nitrogen and oxygen atoms in total. The molecule has 2 N–H and O–H groups in total. The number of nitrogens with one attached hydrogen (secondary N) is 1. The van der Waals surface area contributed by atoms with Gasteiger partial charge < -0.3 is 10.4 Å². The van der Waals surface area contributed by atoms with Gasteiger partial charge in [-0.2, -0.15) is 26.3 Å². The number of nitrogens with zero attached hydrogens (tertiary/aromatic N) is 1. The zero-order chi connectivity index (χ0) is 21.2. The smallest absolute Gasteiger partial charge is 0.369 e. The summed E-state index contributed by atoms with van der Waals surface area (Å²) in [5, 5.41) is 12.3. The van der Waals surface area contributed by atoms with Crippen LogP contribution in [0.3, 0.4) is 0 Å². The van der Waals surface area contributed by atoms with Crippen LogP contribution in [0.5, 0.6) is 0 Å².